The Kier molecular flexibility index (Phi) is 6.65. The van der Waals surface area contributed by atoms with E-state index in [0.717, 1.165) is 12.5 Å². The molecule has 0 aromatic heterocycles. The second-order valence-corrected chi connectivity index (χ2v) is 6.74. The molecule has 0 aromatic carbocycles. The number of nitrogens with zero attached hydrogens (tertiary/aromatic N) is 1. The Morgan fingerprint density at radius 1 is 1.11 bits per heavy atom. The first-order chi connectivity index (χ1) is 8.55. The number of hydrogen-bond donors (Lipinski definition) is 1. The molecule has 108 valence electrons. The number of nitrogens with two attached hydrogens (primary N) is 1. The quantitative estimate of drug-likeness (QED) is 0.753. The maximum Gasteiger partial charge on any atom is 0.00218 e. The lowest BCUT2D eigenvalue weighted by Crippen LogP contribution is -2.43. The highest BCUT2D eigenvalue weighted by molar-refractivity contribution is 4.84. The van der Waals surface area contributed by atoms with Crippen molar-refractivity contribution in [1.29, 1.82) is 0 Å². The Balaban J connectivity index is 2.38. The van der Waals surface area contributed by atoms with Crippen LogP contribution in [0, 0.1) is 17.3 Å². The molecule has 1 unspecified atom stereocenters. The molecule has 0 bridgehead atoms. The van der Waals surface area contributed by atoms with E-state index in [1.54, 1.807) is 0 Å². The van der Waals surface area contributed by atoms with Crippen molar-refractivity contribution in [3.63, 3.8) is 0 Å². The van der Waals surface area contributed by atoms with Gasteiger partial charge in [-0.15, -0.1) is 0 Å². The Morgan fingerprint density at radius 3 is 2.06 bits per heavy atom. The first kappa shape index (κ1) is 16.0. The predicted octanol–water partition coefficient (Wildman–Crippen LogP) is 3.51. The van der Waals surface area contributed by atoms with Crippen LogP contribution in [0.25, 0.3) is 0 Å². The van der Waals surface area contributed by atoms with E-state index >= 15 is 0 Å². The summed E-state index contributed by atoms with van der Waals surface area (Å²) >= 11 is 0. The van der Waals surface area contributed by atoms with Crippen molar-refractivity contribution in [1.82, 2.24) is 4.90 Å². The van der Waals surface area contributed by atoms with E-state index in [-0.39, 0.29) is 0 Å². The van der Waals surface area contributed by atoms with Crippen LogP contribution in [-0.4, -0.2) is 31.1 Å². The summed E-state index contributed by atoms with van der Waals surface area (Å²) in [6.07, 6.45) is 6.75. The molecule has 2 heteroatoms. The zero-order valence-corrected chi connectivity index (χ0v) is 13.0. The van der Waals surface area contributed by atoms with Gasteiger partial charge in [0.15, 0.2) is 0 Å². The van der Waals surface area contributed by atoms with Gasteiger partial charge in [-0.3, -0.25) is 0 Å². The van der Waals surface area contributed by atoms with Gasteiger partial charge in [-0.2, -0.15) is 0 Å². The molecule has 18 heavy (non-hydrogen) atoms. The molecule has 1 aliphatic rings. The van der Waals surface area contributed by atoms with E-state index in [1.165, 1.54) is 51.7 Å². The monoisotopic (exact) mass is 254 g/mol. The summed E-state index contributed by atoms with van der Waals surface area (Å²) in [5.41, 5.74) is 6.56. The third-order valence-corrected chi connectivity index (χ3v) is 5.07. The van der Waals surface area contributed by atoms with Crippen LogP contribution in [0.15, 0.2) is 0 Å². The van der Waals surface area contributed by atoms with E-state index < -0.39 is 0 Å². The summed E-state index contributed by atoms with van der Waals surface area (Å²) in [5.74, 6) is 1.47. The first-order valence-electron chi connectivity index (χ1n) is 7.97. The van der Waals surface area contributed by atoms with Crippen LogP contribution in [-0.2, 0) is 0 Å². The lowest BCUT2D eigenvalue weighted by molar-refractivity contribution is 0.0825. The summed E-state index contributed by atoms with van der Waals surface area (Å²) in [7, 11) is 0. The van der Waals surface area contributed by atoms with Gasteiger partial charge in [-0.25, -0.2) is 0 Å². The first-order valence-corrected chi connectivity index (χ1v) is 7.97. The lowest BCUT2D eigenvalue weighted by Gasteiger charge is -2.42. The average molecular weight is 254 g/mol. The predicted molar refractivity (Wildman–Crippen MR) is 80.7 cm³/mol. The topological polar surface area (TPSA) is 29.3 Å². The van der Waals surface area contributed by atoms with Crippen LogP contribution in [0.3, 0.4) is 0 Å². The van der Waals surface area contributed by atoms with Crippen LogP contribution in [0.2, 0.25) is 0 Å². The van der Waals surface area contributed by atoms with Crippen molar-refractivity contribution < 1.29 is 0 Å². The second-order valence-electron chi connectivity index (χ2n) is 6.74. The summed E-state index contributed by atoms with van der Waals surface area (Å²) in [5, 5.41) is 0. The van der Waals surface area contributed by atoms with E-state index in [9.17, 15) is 0 Å². The molecule has 0 radical (unpaired) electrons. The van der Waals surface area contributed by atoms with Crippen molar-refractivity contribution in [2.24, 2.45) is 23.0 Å². The van der Waals surface area contributed by atoms with Gasteiger partial charge in [0.25, 0.3) is 0 Å². The highest BCUT2D eigenvalue weighted by Gasteiger charge is 2.31. The zero-order chi connectivity index (χ0) is 13.6. The van der Waals surface area contributed by atoms with Gasteiger partial charge in [-0.1, -0.05) is 40.5 Å². The normalized spacial score (nSPS) is 22.3. The third-order valence-electron chi connectivity index (χ3n) is 5.07. The highest BCUT2D eigenvalue weighted by Crippen LogP contribution is 2.38. The third kappa shape index (κ3) is 4.55. The summed E-state index contributed by atoms with van der Waals surface area (Å²) in [6.45, 7) is 14.0. The van der Waals surface area contributed by atoms with Gasteiger partial charge in [0.1, 0.15) is 0 Å². The van der Waals surface area contributed by atoms with Gasteiger partial charge in [-0.05, 0) is 56.1 Å². The molecule has 0 spiro atoms. The van der Waals surface area contributed by atoms with Crippen LogP contribution >= 0.6 is 0 Å². The van der Waals surface area contributed by atoms with Crippen LogP contribution < -0.4 is 5.73 Å². The van der Waals surface area contributed by atoms with Gasteiger partial charge < -0.3 is 10.6 Å². The molecule has 0 saturated carbocycles. The van der Waals surface area contributed by atoms with Crippen molar-refractivity contribution in [2.75, 3.05) is 26.2 Å². The Labute approximate surface area is 114 Å². The van der Waals surface area contributed by atoms with Crippen LogP contribution in [0.1, 0.15) is 59.8 Å². The highest BCUT2D eigenvalue weighted by atomic mass is 15.1. The molecule has 0 aliphatic carbocycles. The zero-order valence-electron chi connectivity index (χ0n) is 13.0. The Bertz CT molecular complexity index is 211. The molecule has 0 amide bonds. The molecule has 1 saturated heterocycles. The van der Waals surface area contributed by atoms with E-state index in [4.69, 9.17) is 5.73 Å². The Morgan fingerprint density at radius 2 is 1.67 bits per heavy atom. The number of piperidine rings is 1. The number of likely N-dealkylation sites (tertiary alicyclic amines) is 1. The van der Waals surface area contributed by atoms with E-state index in [1.807, 2.05) is 0 Å². The second kappa shape index (κ2) is 7.49. The van der Waals surface area contributed by atoms with Gasteiger partial charge in [0, 0.05) is 6.54 Å². The molecule has 2 N–H and O–H groups in total. The van der Waals surface area contributed by atoms with E-state index in [0.29, 0.717) is 11.3 Å². The largest absolute Gasteiger partial charge is 0.330 e. The average Bonchev–Trinajstić information content (AvgIpc) is 2.38. The SMILES string of the molecule is CCC1(CC)CCN(CC(CN)CC(C)C)CC1. The molecule has 1 fully saturated rings. The number of rotatable bonds is 7. The minimum Gasteiger partial charge on any atom is -0.330 e. The van der Waals surface area contributed by atoms with Crippen molar-refractivity contribution in [2.45, 2.75) is 59.8 Å². The van der Waals surface area contributed by atoms with E-state index in [2.05, 4.69) is 32.6 Å². The van der Waals surface area contributed by atoms with Crippen LogP contribution in [0.4, 0.5) is 0 Å². The molecule has 1 aliphatic heterocycles. The molecule has 2 nitrogen and oxygen atoms in total. The van der Waals surface area contributed by atoms with Crippen molar-refractivity contribution in [3.05, 3.63) is 0 Å². The maximum absolute atomic E-state index is 5.92. The van der Waals surface area contributed by atoms with Crippen molar-refractivity contribution >= 4 is 0 Å². The van der Waals surface area contributed by atoms with Crippen molar-refractivity contribution in [3.8, 4) is 0 Å². The smallest absolute Gasteiger partial charge is 0.00218 e. The fourth-order valence-electron chi connectivity index (χ4n) is 3.44. The lowest BCUT2D eigenvalue weighted by atomic mass is 9.74. The van der Waals surface area contributed by atoms with Gasteiger partial charge >= 0.3 is 0 Å². The summed E-state index contributed by atoms with van der Waals surface area (Å²) < 4.78 is 0. The molecular formula is C16H34N2. The number of hydrogen-bond acceptors (Lipinski definition) is 2. The fraction of sp³-hybridized carbons (Fsp3) is 1.00. The van der Waals surface area contributed by atoms with Crippen LogP contribution in [0.5, 0.6) is 0 Å². The molecular weight excluding hydrogens is 220 g/mol. The molecule has 0 aromatic rings. The van der Waals surface area contributed by atoms with Gasteiger partial charge in [0.2, 0.25) is 0 Å². The molecule has 1 rings (SSSR count). The minimum absolute atomic E-state index is 0.646. The summed E-state index contributed by atoms with van der Waals surface area (Å²) in [6, 6.07) is 0. The van der Waals surface area contributed by atoms with Gasteiger partial charge in [0.05, 0.1) is 0 Å². The molecule has 1 heterocycles. The Hall–Kier alpha value is -0.0800. The molecule has 1 atom stereocenters. The summed E-state index contributed by atoms with van der Waals surface area (Å²) in [4.78, 5) is 2.66. The maximum atomic E-state index is 5.92. The standard InChI is InChI=1S/C16H34N2/c1-5-16(6-2)7-9-18(10-8-16)13-15(12-17)11-14(3)4/h14-15H,5-13,17H2,1-4H3. The fourth-order valence-corrected chi connectivity index (χ4v) is 3.44. The minimum atomic E-state index is 0.646.